The highest BCUT2D eigenvalue weighted by molar-refractivity contribution is 5.85. The van der Waals surface area contributed by atoms with Crippen molar-refractivity contribution in [3.8, 4) is 0 Å². The number of nitrogens with zero attached hydrogens (tertiary/aromatic N) is 3. The second-order valence-electron chi connectivity index (χ2n) is 4.82. The number of allylic oxidation sites excluding steroid dienone is 1. The second-order valence-corrected chi connectivity index (χ2v) is 4.82. The van der Waals surface area contributed by atoms with Gasteiger partial charge in [-0.15, -0.1) is 6.58 Å². The highest BCUT2D eigenvalue weighted by Crippen LogP contribution is 2.12. The van der Waals surface area contributed by atoms with Crippen molar-refractivity contribution < 1.29 is 4.84 Å². The average molecular weight is 262 g/mol. The summed E-state index contributed by atoms with van der Waals surface area (Å²) < 4.78 is 1.91. The largest absolute Gasteiger partial charge is 0.391 e. The lowest BCUT2D eigenvalue weighted by atomic mass is 10.1. The normalized spacial score (nSPS) is 18.2. The van der Waals surface area contributed by atoms with E-state index in [-0.39, 0.29) is 6.10 Å². The van der Waals surface area contributed by atoms with Crippen LogP contribution in [0.15, 0.2) is 24.0 Å². The van der Waals surface area contributed by atoms with Gasteiger partial charge in [-0.2, -0.15) is 5.10 Å². The Kier molecular flexibility index (Phi) is 4.74. The van der Waals surface area contributed by atoms with E-state index in [4.69, 9.17) is 4.84 Å². The van der Waals surface area contributed by atoms with Crippen LogP contribution in [0.3, 0.4) is 0 Å². The Morgan fingerprint density at radius 1 is 1.63 bits per heavy atom. The number of nitrogens with one attached hydrogen (secondary N) is 1. The lowest BCUT2D eigenvalue weighted by Gasteiger charge is -2.09. The zero-order valence-corrected chi connectivity index (χ0v) is 11.7. The highest BCUT2D eigenvalue weighted by atomic mass is 16.6. The molecule has 0 unspecified atom stereocenters. The van der Waals surface area contributed by atoms with Gasteiger partial charge in [0.05, 0.1) is 18.0 Å². The Morgan fingerprint density at radius 2 is 2.47 bits per heavy atom. The summed E-state index contributed by atoms with van der Waals surface area (Å²) in [6.45, 7) is 10.2. The monoisotopic (exact) mass is 262 g/mol. The molecule has 0 saturated carbocycles. The van der Waals surface area contributed by atoms with Crippen LogP contribution < -0.4 is 5.32 Å². The first-order valence-corrected chi connectivity index (χ1v) is 6.79. The van der Waals surface area contributed by atoms with Gasteiger partial charge in [0.1, 0.15) is 6.10 Å². The summed E-state index contributed by atoms with van der Waals surface area (Å²) in [7, 11) is 0. The predicted molar refractivity (Wildman–Crippen MR) is 76.1 cm³/mol. The molecule has 1 aromatic rings. The van der Waals surface area contributed by atoms with Crippen molar-refractivity contribution in [2.75, 3.05) is 6.54 Å². The summed E-state index contributed by atoms with van der Waals surface area (Å²) in [4.78, 5) is 5.36. The number of aryl methyl sites for hydroxylation is 1. The number of hydrogen-bond donors (Lipinski definition) is 1. The molecular formula is C14H22N4O. The molecule has 1 N–H and O–H groups in total. The summed E-state index contributed by atoms with van der Waals surface area (Å²) >= 11 is 0. The zero-order chi connectivity index (χ0) is 13.7. The van der Waals surface area contributed by atoms with Crippen molar-refractivity contribution in [2.24, 2.45) is 5.16 Å². The van der Waals surface area contributed by atoms with Crippen LogP contribution >= 0.6 is 0 Å². The van der Waals surface area contributed by atoms with E-state index in [1.807, 2.05) is 17.7 Å². The quantitative estimate of drug-likeness (QED) is 0.765. The summed E-state index contributed by atoms with van der Waals surface area (Å²) in [5, 5.41) is 11.9. The number of hydrogen-bond acceptors (Lipinski definition) is 4. The van der Waals surface area contributed by atoms with Gasteiger partial charge in [0, 0.05) is 31.3 Å². The third-order valence-corrected chi connectivity index (χ3v) is 3.25. The van der Waals surface area contributed by atoms with Crippen molar-refractivity contribution in [1.82, 2.24) is 15.1 Å². The fourth-order valence-corrected chi connectivity index (χ4v) is 2.13. The molecule has 1 aliphatic heterocycles. The van der Waals surface area contributed by atoms with E-state index in [0.29, 0.717) is 0 Å². The molecule has 1 atom stereocenters. The molecule has 5 nitrogen and oxygen atoms in total. The summed E-state index contributed by atoms with van der Waals surface area (Å²) in [6.07, 6.45) is 6.01. The minimum atomic E-state index is 0.179. The predicted octanol–water partition coefficient (Wildman–Crippen LogP) is 2.02. The first-order valence-electron chi connectivity index (χ1n) is 6.79. The lowest BCUT2D eigenvalue weighted by Crippen LogP contribution is -2.26. The highest BCUT2D eigenvalue weighted by Gasteiger charge is 2.19. The fraction of sp³-hybridized carbons (Fsp3) is 0.571. The van der Waals surface area contributed by atoms with E-state index >= 15 is 0 Å². The van der Waals surface area contributed by atoms with Crippen LogP contribution in [0.1, 0.15) is 31.0 Å². The van der Waals surface area contributed by atoms with Gasteiger partial charge in [-0.1, -0.05) is 18.2 Å². The van der Waals surface area contributed by atoms with Gasteiger partial charge in [-0.3, -0.25) is 4.68 Å². The van der Waals surface area contributed by atoms with Crippen molar-refractivity contribution in [3.63, 3.8) is 0 Å². The second kappa shape index (κ2) is 6.52. The van der Waals surface area contributed by atoms with E-state index in [1.54, 1.807) is 0 Å². The topological polar surface area (TPSA) is 51.4 Å². The number of oxime groups is 1. The Hall–Kier alpha value is -1.62. The Bertz CT molecular complexity index is 464. The van der Waals surface area contributed by atoms with Gasteiger partial charge in [0.15, 0.2) is 0 Å². The van der Waals surface area contributed by atoms with Crippen molar-refractivity contribution in [2.45, 2.75) is 45.9 Å². The maximum atomic E-state index is 5.36. The molecule has 19 heavy (non-hydrogen) atoms. The van der Waals surface area contributed by atoms with Crippen molar-refractivity contribution in [3.05, 3.63) is 30.1 Å². The summed E-state index contributed by atoms with van der Waals surface area (Å²) in [6, 6.07) is 0. The molecule has 0 fully saturated rings. The van der Waals surface area contributed by atoms with Gasteiger partial charge in [0.2, 0.25) is 0 Å². The van der Waals surface area contributed by atoms with E-state index in [1.165, 1.54) is 5.56 Å². The van der Waals surface area contributed by atoms with Crippen LogP contribution in [0.25, 0.3) is 0 Å². The minimum Gasteiger partial charge on any atom is -0.391 e. The van der Waals surface area contributed by atoms with Crippen LogP contribution in [-0.4, -0.2) is 28.1 Å². The van der Waals surface area contributed by atoms with Crippen molar-refractivity contribution >= 4 is 5.71 Å². The molecule has 0 aromatic carbocycles. The smallest absolute Gasteiger partial charge is 0.145 e. The lowest BCUT2D eigenvalue weighted by molar-refractivity contribution is 0.0848. The molecule has 0 aliphatic carbocycles. The van der Waals surface area contributed by atoms with E-state index in [9.17, 15) is 0 Å². The molecule has 2 heterocycles. The summed E-state index contributed by atoms with van der Waals surface area (Å²) in [5.74, 6) is 0. The molecule has 1 aliphatic rings. The zero-order valence-electron chi connectivity index (χ0n) is 11.7. The van der Waals surface area contributed by atoms with Crippen LogP contribution in [0.5, 0.6) is 0 Å². The van der Waals surface area contributed by atoms with Crippen molar-refractivity contribution in [1.29, 1.82) is 0 Å². The molecule has 104 valence electrons. The van der Waals surface area contributed by atoms with E-state index in [0.717, 1.165) is 43.9 Å². The molecule has 0 radical (unpaired) electrons. The molecule has 5 heteroatoms. The SMILES string of the molecule is C=CCn1cc(CNC[C@@H]2CC(CC)=NO2)c(C)n1. The van der Waals surface area contributed by atoms with Crippen LogP contribution in [-0.2, 0) is 17.9 Å². The van der Waals surface area contributed by atoms with E-state index < -0.39 is 0 Å². The molecule has 0 spiro atoms. The van der Waals surface area contributed by atoms with Crippen LogP contribution in [0.2, 0.25) is 0 Å². The standard InChI is InChI=1S/C14H22N4O/c1-4-6-18-10-12(11(3)16-18)8-15-9-14-7-13(5-2)17-19-14/h4,10,14-15H,1,5-9H2,2-3H3/t14-/m0/s1. The Balaban J connectivity index is 1.75. The maximum Gasteiger partial charge on any atom is 0.145 e. The van der Waals surface area contributed by atoms with E-state index in [2.05, 4.69) is 35.3 Å². The molecule has 0 saturated heterocycles. The molecule has 1 aromatic heterocycles. The molecule has 2 rings (SSSR count). The maximum absolute atomic E-state index is 5.36. The third kappa shape index (κ3) is 3.67. The summed E-state index contributed by atoms with van der Waals surface area (Å²) in [5.41, 5.74) is 3.44. The molecule has 0 amide bonds. The number of rotatable bonds is 7. The third-order valence-electron chi connectivity index (χ3n) is 3.25. The van der Waals surface area contributed by atoms with Gasteiger partial charge >= 0.3 is 0 Å². The molecule has 0 bridgehead atoms. The van der Waals surface area contributed by atoms with Crippen LogP contribution in [0, 0.1) is 6.92 Å². The van der Waals surface area contributed by atoms with Gasteiger partial charge < -0.3 is 10.2 Å². The fourth-order valence-electron chi connectivity index (χ4n) is 2.13. The Morgan fingerprint density at radius 3 is 3.16 bits per heavy atom. The molecular weight excluding hydrogens is 240 g/mol. The van der Waals surface area contributed by atoms with Gasteiger partial charge in [-0.05, 0) is 13.3 Å². The minimum absolute atomic E-state index is 0.179. The first kappa shape index (κ1) is 13.8. The van der Waals surface area contributed by atoms with Crippen LogP contribution in [0.4, 0.5) is 0 Å². The van der Waals surface area contributed by atoms with Gasteiger partial charge in [0.25, 0.3) is 0 Å². The van der Waals surface area contributed by atoms with Gasteiger partial charge in [-0.25, -0.2) is 0 Å². The first-order chi connectivity index (χ1) is 9.22. The Labute approximate surface area is 114 Å². The number of aromatic nitrogens is 2. The average Bonchev–Trinajstić information content (AvgIpc) is 2.98.